The van der Waals surface area contributed by atoms with Gasteiger partial charge < -0.3 is 9.64 Å². The number of ether oxygens (including phenoxy) is 1. The number of carbonyl (C=O) groups excluding carboxylic acids is 1. The van der Waals surface area contributed by atoms with Crippen molar-refractivity contribution in [2.75, 3.05) is 19.7 Å². The van der Waals surface area contributed by atoms with Gasteiger partial charge in [0.25, 0.3) is 5.91 Å². The molecule has 0 bridgehead atoms. The first kappa shape index (κ1) is 16.0. The number of hydrogen-bond acceptors (Lipinski definition) is 3. The van der Waals surface area contributed by atoms with Crippen molar-refractivity contribution >= 4 is 17.5 Å². The van der Waals surface area contributed by atoms with Crippen molar-refractivity contribution < 1.29 is 9.53 Å². The number of hydrogen-bond donors (Lipinski definition) is 1. The van der Waals surface area contributed by atoms with Crippen LogP contribution in [0.4, 0.5) is 0 Å². The molecule has 1 aromatic carbocycles. The number of benzene rings is 1. The minimum absolute atomic E-state index is 0.0180. The van der Waals surface area contributed by atoms with Gasteiger partial charge in [-0.1, -0.05) is 37.1 Å². The first-order chi connectivity index (χ1) is 11.2. The summed E-state index contributed by atoms with van der Waals surface area (Å²) in [6.07, 6.45) is 3.30. The van der Waals surface area contributed by atoms with Gasteiger partial charge in [-0.25, -0.2) is 0 Å². The number of halogens is 1. The van der Waals surface area contributed by atoms with Crippen molar-refractivity contribution in [3.8, 4) is 0 Å². The number of aromatic amines is 1. The van der Waals surface area contributed by atoms with Gasteiger partial charge >= 0.3 is 0 Å². The molecule has 6 heteroatoms. The second kappa shape index (κ2) is 7.15. The van der Waals surface area contributed by atoms with Crippen molar-refractivity contribution in [3.05, 3.63) is 52.3 Å². The Morgan fingerprint density at radius 2 is 2.22 bits per heavy atom. The van der Waals surface area contributed by atoms with Gasteiger partial charge in [0.15, 0.2) is 0 Å². The minimum atomic E-state index is -0.119. The molecular formula is C17H20ClN3O2. The predicted octanol–water partition coefficient (Wildman–Crippen LogP) is 3.23. The quantitative estimate of drug-likeness (QED) is 0.934. The molecule has 1 aliphatic rings. The fourth-order valence-corrected chi connectivity index (χ4v) is 2.95. The van der Waals surface area contributed by atoms with Crippen molar-refractivity contribution in [2.45, 2.75) is 25.9 Å². The highest BCUT2D eigenvalue weighted by Gasteiger charge is 2.27. The molecule has 1 atom stereocenters. The summed E-state index contributed by atoms with van der Waals surface area (Å²) < 4.78 is 5.82. The molecule has 1 aromatic heterocycles. The van der Waals surface area contributed by atoms with Crippen LogP contribution in [0.5, 0.6) is 0 Å². The normalized spacial score (nSPS) is 18.2. The third kappa shape index (κ3) is 3.57. The monoisotopic (exact) mass is 333 g/mol. The molecule has 23 heavy (non-hydrogen) atoms. The van der Waals surface area contributed by atoms with E-state index in [1.807, 2.05) is 29.2 Å². The smallest absolute Gasteiger partial charge is 0.257 e. The van der Waals surface area contributed by atoms with Gasteiger partial charge in [-0.15, -0.1) is 0 Å². The first-order valence-corrected chi connectivity index (χ1v) is 8.25. The summed E-state index contributed by atoms with van der Waals surface area (Å²) in [5.41, 5.74) is 2.61. The molecule has 3 rings (SSSR count). The molecule has 2 aromatic rings. The van der Waals surface area contributed by atoms with E-state index in [4.69, 9.17) is 16.3 Å². The highest BCUT2D eigenvalue weighted by molar-refractivity contribution is 6.30. The maximum atomic E-state index is 12.8. The molecule has 2 heterocycles. The topological polar surface area (TPSA) is 58.2 Å². The van der Waals surface area contributed by atoms with Crippen molar-refractivity contribution in [1.29, 1.82) is 0 Å². The lowest BCUT2D eigenvalue weighted by atomic mass is 10.1. The lowest BCUT2D eigenvalue weighted by Crippen LogP contribution is -2.42. The molecule has 1 aliphatic heterocycles. The third-order valence-corrected chi connectivity index (χ3v) is 4.30. The highest BCUT2D eigenvalue weighted by Crippen LogP contribution is 2.25. The summed E-state index contributed by atoms with van der Waals surface area (Å²) in [5.74, 6) is 0.0180. The van der Waals surface area contributed by atoms with Gasteiger partial charge in [0.05, 0.1) is 24.9 Å². The molecule has 122 valence electrons. The Bertz CT molecular complexity index is 669. The van der Waals surface area contributed by atoms with Crippen LogP contribution >= 0.6 is 11.6 Å². The average molecular weight is 334 g/mol. The van der Waals surface area contributed by atoms with Crippen LogP contribution < -0.4 is 0 Å². The molecule has 0 unspecified atom stereocenters. The van der Waals surface area contributed by atoms with Gasteiger partial charge in [0, 0.05) is 17.3 Å². The molecule has 1 saturated heterocycles. The molecule has 5 nitrogen and oxygen atoms in total. The highest BCUT2D eigenvalue weighted by atomic mass is 35.5. The molecule has 0 aliphatic carbocycles. The summed E-state index contributed by atoms with van der Waals surface area (Å²) in [7, 11) is 0. The Kier molecular flexibility index (Phi) is 4.98. The van der Waals surface area contributed by atoms with E-state index >= 15 is 0 Å². The molecular weight excluding hydrogens is 314 g/mol. The second-order valence-corrected chi connectivity index (χ2v) is 6.11. The van der Waals surface area contributed by atoms with E-state index in [9.17, 15) is 4.79 Å². The summed E-state index contributed by atoms with van der Waals surface area (Å²) in [5, 5.41) is 7.65. The van der Waals surface area contributed by atoms with E-state index in [2.05, 4.69) is 17.1 Å². The van der Waals surface area contributed by atoms with E-state index in [1.54, 1.807) is 6.20 Å². The maximum Gasteiger partial charge on any atom is 0.257 e. The van der Waals surface area contributed by atoms with Crippen LogP contribution in [0.25, 0.3) is 0 Å². The molecule has 1 fully saturated rings. The Labute approximate surface area is 140 Å². The van der Waals surface area contributed by atoms with Crippen LogP contribution in [-0.4, -0.2) is 40.7 Å². The summed E-state index contributed by atoms with van der Waals surface area (Å²) in [6.45, 7) is 3.75. The van der Waals surface area contributed by atoms with Crippen LogP contribution in [-0.2, 0) is 11.2 Å². The van der Waals surface area contributed by atoms with Crippen molar-refractivity contribution in [1.82, 2.24) is 15.1 Å². The minimum Gasteiger partial charge on any atom is -0.370 e. The van der Waals surface area contributed by atoms with Crippen LogP contribution in [0.15, 0.2) is 30.5 Å². The number of aryl methyl sites for hydroxylation is 1. The largest absolute Gasteiger partial charge is 0.370 e. The Morgan fingerprint density at radius 1 is 1.43 bits per heavy atom. The van der Waals surface area contributed by atoms with Crippen LogP contribution in [0.1, 0.15) is 41.1 Å². The van der Waals surface area contributed by atoms with Gasteiger partial charge in [-0.3, -0.25) is 9.89 Å². The SMILES string of the molecule is CCCc1[nH]ncc1C(=O)N1CCO[C@@H](c2ccc(Cl)cc2)C1. The zero-order chi connectivity index (χ0) is 16.2. The molecule has 1 amide bonds. The van der Waals surface area contributed by atoms with Crippen LogP contribution in [0.2, 0.25) is 5.02 Å². The number of amides is 1. The first-order valence-electron chi connectivity index (χ1n) is 7.87. The predicted molar refractivity (Wildman–Crippen MR) is 88.6 cm³/mol. The Hall–Kier alpha value is -1.85. The zero-order valence-corrected chi connectivity index (χ0v) is 13.8. The standard InChI is InChI=1S/C17H20ClN3O2/c1-2-3-15-14(10-19-20-15)17(22)21-8-9-23-16(11-21)12-4-6-13(18)7-5-12/h4-7,10,16H,2-3,8-9,11H2,1H3,(H,19,20)/t16-/m1/s1. The fraction of sp³-hybridized carbons (Fsp3) is 0.412. The number of H-pyrrole nitrogens is 1. The third-order valence-electron chi connectivity index (χ3n) is 4.04. The van der Waals surface area contributed by atoms with E-state index in [-0.39, 0.29) is 12.0 Å². The van der Waals surface area contributed by atoms with Gasteiger partial charge in [-0.05, 0) is 24.1 Å². The van der Waals surface area contributed by atoms with Crippen molar-refractivity contribution in [2.24, 2.45) is 0 Å². The van der Waals surface area contributed by atoms with Crippen LogP contribution in [0, 0.1) is 0 Å². The Morgan fingerprint density at radius 3 is 2.96 bits per heavy atom. The fourth-order valence-electron chi connectivity index (χ4n) is 2.82. The molecule has 0 saturated carbocycles. The number of nitrogens with zero attached hydrogens (tertiary/aromatic N) is 2. The summed E-state index contributed by atoms with van der Waals surface area (Å²) in [4.78, 5) is 14.6. The zero-order valence-electron chi connectivity index (χ0n) is 13.1. The van der Waals surface area contributed by atoms with Crippen LogP contribution in [0.3, 0.4) is 0 Å². The second-order valence-electron chi connectivity index (χ2n) is 5.67. The molecule has 0 radical (unpaired) electrons. The van der Waals surface area contributed by atoms with Gasteiger partial charge in [-0.2, -0.15) is 5.10 Å². The average Bonchev–Trinajstić information content (AvgIpc) is 3.03. The van der Waals surface area contributed by atoms with Gasteiger partial charge in [0.2, 0.25) is 0 Å². The van der Waals surface area contributed by atoms with E-state index in [0.29, 0.717) is 30.3 Å². The summed E-state index contributed by atoms with van der Waals surface area (Å²) in [6, 6.07) is 7.58. The van der Waals surface area contributed by atoms with E-state index in [1.165, 1.54) is 0 Å². The van der Waals surface area contributed by atoms with E-state index < -0.39 is 0 Å². The number of carbonyl (C=O) groups is 1. The number of nitrogens with one attached hydrogen (secondary N) is 1. The summed E-state index contributed by atoms with van der Waals surface area (Å²) >= 11 is 5.93. The van der Waals surface area contributed by atoms with Gasteiger partial charge in [0.1, 0.15) is 6.10 Å². The molecule has 0 spiro atoms. The van der Waals surface area contributed by atoms with E-state index in [0.717, 1.165) is 24.1 Å². The number of aromatic nitrogens is 2. The number of rotatable bonds is 4. The van der Waals surface area contributed by atoms with Crippen molar-refractivity contribution in [3.63, 3.8) is 0 Å². The Balaban J connectivity index is 1.74. The number of morpholine rings is 1. The molecule has 1 N–H and O–H groups in total. The lowest BCUT2D eigenvalue weighted by Gasteiger charge is -2.33. The maximum absolute atomic E-state index is 12.8. The lowest BCUT2D eigenvalue weighted by molar-refractivity contribution is -0.0228.